The Morgan fingerprint density at radius 3 is 0.826 bits per heavy atom. The maximum absolute atomic E-state index is 13.1. The van der Waals surface area contributed by atoms with Crippen LogP contribution in [-0.4, -0.2) is 96.7 Å². The van der Waals surface area contributed by atoms with Crippen LogP contribution in [0.5, 0.6) is 0 Å². The molecule has 0 aliphatic heterocycles. The van der Waals surface area contributed by atoms with Crippen molar-refractivity contribution >= 4 is 39.5 Å². The van der Waals surface area contributed by atoms with Crippen molar-refractivity contribution in [2.75, 3.05) is 39.6 Å². The standard InChI is InChI=1S/C73H142O17P2/c1-7-10-12-14-16-17-18-19-20-21-22-23-24-27-31-34-38-45-51-57-72(77)89-68(62-84-71(76)56-50-44-37-33-30-28-25-26-29-32-36-41-47-53-65(4)5)63-87-91(79,80)85-59-67(74)60-86-92(81,82)88-64-69(61-83-70(75)55-49-43-35-15-13-11-8-2)90-73(78)58-52-46-40-39-42-48-54-66(6)9-3/h65-69,74H,7-64H2,1-6H3,(H,79,80)(H,81,82)/t66?,67-,68-,69-/m1/s1. The van der Waals surface area contributed by atoms with Crippen LogP contribution >= 0.6 is 15.6 Å². The normalized spacial score (nSPS) is 14.4. The Bertz CT molecular complexity index is 1790. The predicted molar refractivity (Wildman–Crippen MR) is 372 cm³/mol. The van der Waals surface area contributed by atoms with Crippen molar-refractivity contribution in [1.29, 1.82) is 0 Å². The molecule has 0 aromatic carbocycles. The fourth-order valence-corrected chi connectivity index (χ4v) is 12.7. The number of aliphatic hydroxyl groups excluding tert-OH is 1. The summed E-state index contributed by atoms with van der Waals surface area (Å²) in [5, 5.41) is 10.6. The van der Waals surface area contributed by atoms with E-state index in [1.165, 1.54) is 180 Å². The Hall–Kier alpha value is -1.94. The molecule has 0 fully saturated rings. The minimum absolute atomic E-state index is 0.103. The molecule has 17 nitrogen and oxygen atoms in total. The van der Waals surface area contributed by atoms with E-state index in [1.807, 2.05) is 0 Å². The van der Waals surface area contributed by atoms with E-state index in [9.17, 15) is 43.2 Å². The van der Waals surface area contributed by atoms with Gasteiger partial charge in [0.25, 0.3) is 0 Å². The highest BCUT2D eigenvalue weighted by atomic mass is 31.2. The van der Waals surface area contributed by atoms with E-state index in [0.717, 1.165) is 115 Å². The van der Waals surface area contributed by atoms with Crippen LogP contribution in [0.2, 0.25) is 0 Å². The second-order valence-electron chi connectivity index (χ2n) is 27.1. The average molecular weight is 1350 g/mol. The number of unbranched alkanes of at least 4 members (excludes halogenated alkanes) is 41. The van der Waals surface area contributed by atoms with Crippen LogP contribution in [0.4, 0.5) is 0 Å². The third kappa shape index (κ3) is 65.4. The molecular formula is C73H142O17P2. The predicted octanol–water partition coefficient (Wildman–Crippen LogP) is 21.2. The summed E-state index contributed by atoms with van der Waals surface area (Å²) in [7, 11) is -9.90. The van der Waals surface area contributed by atoms with Gasteiger partial charge in [0.05, 0.1) is 26.4 Å². The molecule has 0 bridgehead atoms. The van der Waals surface area contributed by atoms with E-state index in [-0.39, 0.29) is 25.7 Å². The molecule has 0 radical (unpaired) electrons. The van der Waals surface area contributed by atoms with Gasteiger partial charge in [-0.15, -0.1) is 0 Å². The maximum atomic E-state index is 13.1. The van der Waals surface area contributed by atoms with E-state index in [2.05, 4.69) is 41.5 Å². The summed E-state index contributed by atoms with van der Waals surface area (Å²) in [4.78, 5) is 72.5. The van der Waals surface area contributed by atoms with Gasteiger partial charge < -0.3 is 33.8 Å². The summed E-state index contributed by atoms with van der Waals surface area (Å²) >= 11 is 0. The van der Waals surface area contributed by atoms with Gasteiger partial charge in [0, 0.05) is 25.7 Å². The highest BCUT2D eigenvalue weighted by molar-refractivity contribution is 7.47. The summed E-state index contributed by atoms with van der Waals surface area (Å²) in [6.07, 6.45) is 51.6. The number of phosphoric ester groups is 2. The molecule has 0 spiro atoms. The van der Waals surface area contributed by atoms with Crippen molar-refractivity contribution in [3.63, 3.8) is 0 Å². The number of hydrogen-bond acceptors (Lipinski definition) is 15. The van der Waals surface area contributed by atoms with Crippen LogP contribution in [0.15, 0.2) is 0 Å². The van der Waals surface area contributed by atoms with Crippen LogP contribution in [0.1, 0.15) is 375 Å². The number of rotatable bonds is 72. The average Bonchev–Trinajstić information content (AvgIpc) is 1.44. The molecule has 0 heterocycles. The molecule has 0 aromatic heterocycles. The summed E-state index contributed by atoms with van der Waals surface area (Å²) in [5.41, 5.74) is 0. The van der Waals surface area contributed by atoms with Crippen molar-refractivity contribution in [2.24, 2.45) is 11.8 Å². The van der Waals surface area contributed by atoms with Crippen molar-refractivity contribution in [3.05, 3.63) is 0 Å². The lowest BCUT2D eigenvalue weighted by Crippen LogP contribution is -2.30. The van der Waals surface area contributed by atoms with Gasteiger partial charge >= 0.3 is 39.5 Å². The topological polar surface area (TPSA) is 237 Å². The minimum atomic E-state index is -4.95. The van der Waals surface area contributed by atoms with E-state index in [4.69, 9.17) is 37.0 Å². The van der Waals surface area contributed by atoms with Gasteiger partial charge in [-0.2, -0.15) is 0 Å². The highest BCUT2D eigenvalue weighted by Crippen LogP contribution is 2.45. The smallest absolute Gasteiger partial charge is 0.462 e. The Kier molecular flexibility index (Phi) is 63.7. The molecular weight excluding hydrogens is 1210 g/mol. The summed E-state index contributed by atoms with van der Waals surface area (Å²) < 4.78 is 68.3. The third-order valence-corrected chi connectivity index (χ3v) is 19.2. The first-order valence-electron chi connectivity index (χ1n) is 38.0. The minimum Gasteiger partial charge on any atom is -0.462 e. The first-order chi connectivity index (χ1) is 44.4. The molecule has 0 rings (SSSR count). The Morgan fingerprint density at radius 2 is 0.554 bits per heavy atom. The zero-order valence-corrected chi connectivity index (χ0v) is 61.6. The second-order valence-corrected chi connectivity index (χ2v) is 30.0. The first-order valence-corrected chi connectivity index (χ1v) is 41.0. The Labute approximate surface area is 562 Å². The summed E-state index contributed by atoms with van der Waals surface area (Å²) in [5.74, 6) is -0.616. The van der Waals surface area contributed by atoms with E-state index >= 15 is 0 Å². The lowest BCUT2D eigenvalue weighted by molar-refractivity contribution is -0.161. The quantitative estimate of drug-likeness (QED) is 0.0222. The number of ether oxygens (including phenoxy) is 4. The molecule has 19 heteroatoms. The van der Waals surface area contributed by atoms with Gasteiger partial charge in [0.1, 0.15) is 19.3 Å². The molecule has 0 aromatic rings. The highest BCUT2D eigenvalue weighted by Gasteiger charge is 2.30. The Morgan fingerprint density at radius 1 is 0.315 bits per heavy atom. The van der Waals surface area contributed by atoms with Crippen molar-refractivity contribution in [2.45, 2.75) is 394 Å². The molecule has 6 atom stereocenters. The largest absolute Gasteiger partial charge is 0.472 e. The number of aliphatic hydroxyl groups is 1. The molecule has 0 saturated carbocycles. The zero-order chi connectivity index (χ0) is 67.9. The lowest BCUT2D eigenvalue weighted by Gasteiger charge is -2.21. The van der Waals surface area contributed by atoms with Gasteiger partial charge in [0.2, 0.25) is 0 Å². The molecule has 0 amide bonds. The van der Waals surface area contributed by atoms with Gasteiger partial charge in [-0.25, -0.2) is 9.13 Å². The van der Waals surface area contributed by atoms with E-state index in [0.29, 0.717) is 25.7 Å². The van der Waals surface area contributed by atoms with Gasteiger partial charge in [0.15, 0.2) is 12.2 Å². The molecule has 0 saturated heterocycles. The van der Waals surface area contributed by atoms with Crippen molar-refractivity contribution < 1.29 is 80.2 Å². The fourth-order valence-electron chi connectivity index (χ4n) is 11.1. The molecule has 3 N–H and O–H groups in total. The van der Waals surface area contributed by atoms with Gasteiger partial charge in [-0.05, 0) is 37.5 Å². The molecule has 0 aliphatic rings. The molecule has 92 heavy (non-hydrogen) atoms. The van der Waals surface area contributed by atoms with E-state index < -0.39 is 97.5 Å². The van der Waals surface area contributed by atoms with E-state index in [1.54, 1.807) is 0 Å². The monoisotopic (exact) mass is 1350 g/mol. The van der Waals surface area contributed by atoms with Crippen LogP contribution in [-0.2, 0) is 65.4 Å². The van der Waals surface area contributed by atoms with Crippen molar-refractivity contribution in [1.82, 2.24) is 0 Å². The van der Waals surface area contributed by atoms with Crippen LogP contribution in [0.25, 0.3) is 0 Å². The molecule has 0 aliphatic carbocycles. The SMILES string of the molecule is CCCCCCCCCCCCCCCCCCCCCC(=O)O[C@H](COC(=O)CCCCCCCCCCCCCCCC(C)C)COP(=O)(O)OC[C@@H](O)COP(=O)(O)OC[C@@H](COC(=O)CCCCCCCCC)OC(=O)CCCCCCCCC(C)CC. The maximum Gasteiger partial charge on any atom is 0.472 e. The number of esters is 4. The number of carbonyl (C=O) groups excluding carboxylic acids is 4. The molecule has 3 unspecified atom stereocenters. The van der Waals surface area contributed by atoms with Gasteiger partial charge in [-0.1, -0.05) is 324 Å². The zero-order valence-electron chi connectivity index (χ0n) is 59.9. The van der Waals surface area contributed by atoms with Crippen molar-refractivity contribution in [3.8, 4) is 0 Å². The lowest BCUT2D eigenvalue weighted by atomic mass is 10.00. The van der Waals surface area contributed by atoms with Crippen LogP contribution in [0, 0.1) is 11.8 Å². The van der Waals surface area contributed by atoms with Gasteiger partial charge in [-0.3, -0.25) is 37.3 Å². The van der Waals surface area contributed by atoms with Crippen LogP contribution < -0.4 is 0 Å². The fraction of sp³-hybridized carbons (Fsp3) is 0.945. The van der Waals surface area contributed by atoms with Crippen LogP contribution in [0.3, 0.4) is 0 Å². The Balaban J connectivity index is 5.18. The third-order valence-electron chi connectivity index (χ3n) is 17.3. The first kappa shape index (κ1) is 90.1. The number of hydrogen-bond donors (Lipinski definition) is 3. The summed E-state index contributed by atoms with van der Waals surface area (Å²) in [6, 6.07) is 0. The number of phosphoric acid groups is 2. The number of carbonyl (C=O) groups is 4. The summed E-state index contributed by atoms with van der Waals surface area (Å²) in [6.45, 7) is 9.50. The molecule has 546 valence electrons. The second kappa shape index (κ2) is 65.0.